The van der Waals surface area contributed by atoms with E-state index in [4.69, 9.17) is 25.9 Å². The van der Waals surface area contributed by atoms with Crippen molar-refractivity contribution < 1.29 is 28.7 Å². The first-order valence-electron chi connectivity index (χ1n) is 25.1. The molecule has 4 aliphatic rings. The van der Waals surface area contributed by atoms with Crippen molar-refractivity contribution in [3.8, 4) is 57.5 Å². The van der Waals surface area contributed by atoms with Crippen molar-refractivity contribution in [3.05, 3.63) is 131 Å². The highest BCUT2D eigenvalue weighted by Crippen LogP contribution is 2.51. The highest BCUT2D eigenvalue weighted by molar-refractivity contribution is 5.91. The molecule has 2 aliphatic carbocycles. The normalized spacial score (nSPS) is 15.7. The Morgan fingerprint density at radius 2 is 1.10 bits per heavy atom. The molecule has 2 atom stereocenters. The molecule has 0 bridgehead atoms. The molecule has 2 fully saturated rings. The van der Waals surface area contributed by atoms with Gasteiger partial charge in [0.05, 0.1) is 36.9 Å². The maximum atomic E-state index is 14.4. The molecule has 10 rings (SSSR count). The number of rotatable bonds is 18. The van der Waals surface area contributed by atoms with Crippen LogP contribution in [0.3, 0.4) is 0 Å². The molecule has 14 nitrogen and oxygen atoms in total. The number of terminal acetylenes is 1. The van der Waals surface area contributed by atoms with Gasteiger partial charge in [0, 0.05) is 64.7 Å². The van der Waals surface area contributed by atoms with E-state index in [9.17, 15) is 19.2 Å². The van der Waals surface area contributed by atoms with Crippen molar-refractivity contribution in [1.82, 2.24) is 40.4 Å². The van der Waals surface area contributed by atoms with E-state index in [1.165, 1.54) is 0 Å². The third-order valence-electron chi connectivity index (χ3n) is 14.4. The Hall–Kier alpha value is -7.66. The van der Waals surface area contributed by atoms with Gasteiger partial charge >= 0.3 is 0 Å². The number of H-pyrrole nitrogens is 2. The Morgan fingerprint density at radius 1 is 0.662 bits per heavy atom. The molecule has 2 aromatic heterocycles. The number of aromatic amines is 2. The van der Waals surface area contributed by atoms with E-state index in [1.54, 1.807) is 22.2 Å². The maximum Gasteiger partial charge on any atom is 0.250 e. The third-order valence-corrected chi connectivity index (χ3v) is 14.4. The SMILES string of the molecule is C#CCCN(Cc1ncc(-c2cc3c4c(c2)OCc2cc(-c5cnc(CN(CCC)C(=O)[C@H](NC(=O)C6CCCC6)c6ccccc6)[nH]5)cc(c2-4)OC3)[nH]1)C(=O)[C@H](NC(=O)C1CCCC1)c1ccccc1. The predicted octanol–water partition coefficient (Wildman–Crippen LogP) is 9.10. The molecule has 14 heteroatoms. The largest absolute Gasteiger partial charge is 0.488 e. The molecule has 0 spiro atoms. The van der Waals surface area contributed by atoms with Gasteiger partial charge in [0.2, 0.25) is 23.6 Å². The lowest BCUT2D eigenvalue weighted by Gasteiger charge is -2.30. The fourth-order valence-corrected chi connectivity index (χ4v) is 10.7. The van der Waals surface area contributed by atoms with Crippen molar-refractivity contribution in [1.29, 1.82) is 0 Å². The molecular weight excluding hydrogens is 893 g/mol. The summed E-state index contributed by atoms with van der Waals surface area (Å²) in [6.45, 7) is 3.89. The average molecular weight is 953 g/mol. The number of hydrogen-bond donors (Lipinski definition) is 4. The van der Waals surface area contributed by atoms with Crippen LogP contribution in [0.1, 0.15) is 117 Å². The minimum Gasteiger partial charge on any atom is -0.488 e. The summed E-state index contributed by atoms with van der Waals surface area (Å²) in [7, 11) is 0. The number of carbonyl (C=O) groups is 4. The van der Waals surface area contributed by atoms with Crippen molar-refractivity contribution in [2.45, 2.75) is 110 Å². The molecule has 0 saturated heterocycles. The zero-order valence-corrected chi connectivity index (χ0v) is 40.2. The van der Waals surface area contributed by atoms with Crippen LogP contribution in [0.15, 0.2) is 97.3 Å². The van der Waals surface area contributed by atoms with Crippen LogP contribution in [-0.2, 0) is 45.5 Å². The summed E-state index contributed by atoms with van der Waals surface area (Å²) in [5.74, 6) is 4.64. The quantitative estimate of drug-likeness (QED) is 0.0618. The number of carbonyl (C=O) groups excluding carboxylic acids is 4. The van der Waals surface area contributed by atoms with E-state index in [-0.39, 0.29) is 48.6 Å². The molecule has 4 amide bonds. The Kier molecular flexibility index (Phi) is 14.0. The van der Waals surface area contributed by atoms with Gasteiger partial charge in [-0.1, -0.05) is 93.3 Å². The molecular formula is C57H60N8O6. The van der Waals surface area contributed by atoms with Crippen molar-refractivity contribution in [3.63, 3.8) is 0 Å². The standard InChI is InChI=1S/C57H60N8O6/c1-3-5-25-65(57(69)53(37-18-10-7-11-19-37)63-55(67)39-22-14-15-23-39)33-49-59-31-45(61-49)41-27-43-35-70-46-28-40(26-42-34-71-47(29-41)51(43)50(42)46)44-30-58-48(60-44)32-64(24-4-2)56(68)52(36-16-8-6-9-17-36)62-54(66)38-20-12-13-21-38/h1,6-11,16-19,26-31,38-39,52-53H,4-5,12-15,20-25,32-35H2,2H3,(H,58,60)(H,59,61)(H,62,66)(H,63,67)/t52-,53-/m1/s1. The molecule has 2 aliphatic heterocycles. The average Bonchev–Trinajstić information content (AvgIpc) is 4.27. The fourth-order valence-electron chi connectivity index (χ4n) is 10.7. The molecule has 4 N–H and O–H groups in total. The fraction of sp³-hybridized carbons (Fsp3) is 0.368. The number of hydrogen-bond acceptors (Lipinski definition) is 8. The summed E-state index contributed by atoms with van der Waals surface area (Å²) in [5, 5.41) is 6.19. The van der Waals surface area contributed by atoms with Gasteiger partial charge in [-0.15, -0.1) is 12.3 Å². The predicted molar refractivity (Wildman–Crippen MR) is 269 cm³/mol. The lowest BCUT2D eigenvalue weighted by atomic mass is 9.87. The summed E-state index contributed by atoms with van der Waals surface area (Å²) in [4.78, 5) is 75.2. The van der Waals surface area contributed by atoms with Crippen LogP contribution in [0.5, 0.6) is 11.5 Å². The van der Waals surface area contributed by atoms with Crippen LogP contribution in [0.2, 0.25) is 0 Å². The Balaban J connectivity index is 0.851. The smallest absolute Gasteiger partial charge is 0.250 e. The van der Waals surface area contributed by atoms with E-state index < -0.39 is 12.1 Å². The minimum atomic E-state index is -0.858. The van der Waals surface area contributed by atoms with Gasteiger partial charge in [-0.3, -0.25) is 19.2 Å². The number of ether oxygens (including phenoxy) is 2. The number of nitrogens with zero attached hydrogens (tertiary/aromatic N) is 4. The van der Waals surface area contributed by atoms with Gasteiger partial charge in [-0.25, -0.2) is 9.97 Å². The second kappa shape index (κ2) is 21.1. The highest BCUT2D eigenvalue weighted by atomic mass is 16.5. The monoisotopic (exact) mass is 952 g/mol. The molecule has 0 unspecified atom stereocenters. The molecule has 71 heavy (non-hydrogen) atoms. The first kappa shape index (κ1) is 47.0. The third kappa shape index (κ3) is 10.2. The highest BCUT2D eigenvalue weighted by Gasteiger charge is 2.35. The van der Waals surface area contributed by atoms with E-state index in [2.05, 4.69) is 38.7 Å². The van der Waals surface area contributed by atoms with E-state index >= 15 is 0 Å². The number of imidazole rings is 2. The summed E-state index contributed by atoms with van der Waals surface area (Å²) in [5.41, 5.74) is 8.70. The van der Waals surface area contributed by atoms with Gasteiger partial charge in [0.1, 0.15) is 48.4 Å². The van der Waals surface area contributed by atoms with Gasteiger partial charge in [-0.2, -0.15) is 0 Å². The van der Waals surface area contributed by atoms with Crippen LogP contribution in [0.25, 0.3) is 33.6 Å². The second-order valence-corrected chi connectivity index (χ2v) is 19.2. The van der Waals surface area contributed by atoms with Crippen molar-refractivity contribution in [2.24, 2.45) is 11.8 Å². The van der Waals surface area contributed by atoms with Crippen LogP contribution in [0.4, 0.5) is 0 Å². The molecule has 4 aromatic carbocycles. The Labute approximate surface area is 414 Å². The number of aromatic nitrogens is 4. The molecule has 2 saturated carbocycles. The van der Waals surface area contributed by atoms with Gasteiger partial charge in [-0.05, 0) is 67.5 Å². The first-order chi connectivity index (χ1) is 34.7. The number of amides is 4. The minimum absolute atomic E-state index is 0.0618. The Bertz CT molecular complexity index is 2900. The van der Waals surface area contributed by atoms with Gasteiger partial charge in [0.15, 0.2) is 0 Å². The summed E-state index contributed by atoms with van der Waals surface area (Å²) in [6, 6.07) is 25.4. The maximum absolute atomic E-state index is 14.4. The van der Waals surface area contributed by atoms with Crippen molar-refractivity contribution in [2.75, 3.05) is 13.1 Å². The lowest BCUT2D eigenvalue weighted by Crippen LogP contribution is -2.44. The lowest BCUT2D eigenvalue weighted by molar-refractivity contribution is -0.138. The molecule has 364 valence electrons. The van der Waals surface area contributed by atoms with Crippen LogP contribution < -0.4 is 20.1 Å². The van der Waals surface area contributed by atoms with Gasteiger partial charge in [0.25, 0.3) is 0 Å². The molecule has 0 radical (unpaired) electrons. The van der Waals surface area contributed by atoms with Crippen LogP contribution in [-0.4, -0.2) is 66.5 Å². The van der Waals surface area contributed by atoms with Gasteiger partial charge < -0.3 is 39.9 Å². The summed E-state index contributed by atoms with van der Waals surface area (Å²) in [6.07, 6.45) is 17.8. The number of nitrogens with one attached hydrogen (secondary N) is 4. The zero-order valence-electron chi connectivity index (χ0n) is 40.2. The van der Waals surface area contributed by atoms with Crippen LogP contribution in [0, 0.1) is 24.2 Å². The Morgan fingerprint density at radius 3 is 1.52 bits per heavy atom. The van der Waals surface area contributed by atoms with E-state index in [1.807, 2.05) is 79.7 Å². The summed E-state index contributed by atoms with van der Waals surface area (Å²) < 4.78 is 13.0. The summed E-state index contributed by atoms with van der Waals surface area (Å²) >= 11 is 0. The molecule has 6 aromatic rings. The zero-order chi connectivity index (χ0) is 48.8. The number of benzene rings is 4. The second-order valence-electron chi connectivity index (χ2n) is 19.2. The van der Waals surface area contributed by atoms with E-state index in [0.717, 1.165) is 120 Å². The van der Waals surface area contributed by atoms with Crippen molar-refractivity contribution >= 4 is 23.6 Å². The van der Waals surface area contributed by atoms with Crippen LogP contribution >= 0.6 is 0 Å². The van der Waals surface area contributed by atoms with E-state index in [0.29, 0.717) is 49.9 Å². The molecule has 4 heterocycles. The first-order valence-corrected chi connectivity index (χ1v) is 25.1. The topological polar surface area (TPSA) is 175 Å².